The van der Waals surface area contributed by atoms with Gasteiger partial charge in [-0.2, -0.15) is 15.0 Å². The van der Waals surface area contributed by atoms with E-state index in [1.54, 1.807) is 21.4 Å². The maximum absolute atomic E-state index is 14.3. The molecule has 1 amide bonds. The Labute approximate surface area is 424 Å². The predicted molar refractivity (Wildman–Crippen MR) is 274 cm³/mol. The lowest BCUT2D eigenvalue weighted by atomic mass is 10.0. The second kappa shape index (κ2) is 30.6. The molecule has 0 saturated carbocycles. The number of rotatable bonds is 18. The number of ether oxygens (including phenoxy) is 2. The van der Waals surface area contributed by atoms with Crippen molar-refractivity contribution < 1.29 is 42.8 Å². The van der Waals surface area contributed by atoms with Crippen LogP contribution in [0.25, 0.3) is 0 Å². The number of nitrogens with one attached hydrogen (secondary N) is 2. The summed E-state index contributed by atoms with van der Waals surface area (Å²) in [6.45, 7) is 15.8. The number of carbonyl (C=O) groups excluding carboxylic acids is 2. The molecule has 1 aliphatic heterocycles. The first-order valence-electron chi connectivity index (χ1n) is 21.7. The zero-order valence-electron chi connectivity index (χ0n) is 40.1. The molecule has 2 aromatic heterocycles. The minimum atomic E-state index is -3.10. The number of anilines is 3. The van der Waals surface area contributed by atoms with E-state index in [-0.39, 0.29) is 63.1 Å². The molecule has 5 rings (SSSR count). The van der Waals surface area contributed by atoms with Crippen LogP contribution in [-0.2, 0) is 47.9 Å². The van der Waals surface area contributed by atoms with Gasteiger partial charge in [-0.3, -0.25) is 28.4 Å². The normalized spacial score (nSPS) is 13.7. The summed E-state index contributed by atoms with van der Waals surface area (Å²) in [5.41, 5.74) is 8.39. The third-order valence-corrected chi connectivity index (χ3v) is 13.2. The van der Waals surface area contributed by atoms with Crippen molar-refractivity contribution in [3.8, 4) is 0 Å². The number of amides is 1. The van der Waals surface area contributed by atoms with Gasteiger partial charge in [0.15, 0.2) is 7.37 Å². The number of hydrogen-bond acceptors (Lipinski definition) is 16. The lowest BCUT2D eigenvalue weighted by Gasteiger charge is -2.31. The molecule has 0 spiro atoms. The largest absolute Gasteiger partial charge is 0.480 e. The number of nitrogens with zero attached hydrogens (tertiary/aromatic N) is 7. The quantitative estimate of drug-likeness (QED) is 0.0281. The number of aliphatic carboxylic acids is 1. The Balaban J connectivity index is 0.000000331. The number of hydrogen-bond donors (Lipinski definition) is 5. The van der Waals surface area contributed by atoms with E-state index in [9.17, 15) is 28.1 Å². The molecular formula is C43H63Cl3FN10O9PS2. The van der Waals surface area contributed by atoms with Gasteiger partial charge in [0.1, 0.15) is 23.4 Å². The van der Waals surface area contributed by atoms with Crippen LogP contribution in [0.1, 0.15) is 65.0 Å². The van der Waals surface area contributed by atoms with Gasteiger partial charge in [-0.1, -0.05) is 36.7 Å². The van der Waals surface area contributed by atoms with E-state index in [1.165, 1.54) is 19.8 Å². The Kier molecular flexibility index (Phi) is 27.0. The van der Waals surface area contributed by atoms with Crippen LogP contribution in [0.2, 0.25) is 10.3 Å². The molecule has 0 radical (unpaired) electrons. The predicted octanol–water partition coefficient (Wildman–Crippen LogP) is 7.42. The Morgan fingerprint density at radius 1 is 1.09 bits per heavy atom. The first-order valence-corrected chi connectivity index (χ1v) is 27.1. The molecule has 2 aromatic carbocycles. The molecule has 3 heterocycles. The van der Waals surface area contributed by atoms with Crippen LogP contribution >= 0.6 is 65.3 Å². The van der Waals surface area contributed by atoms with Gasteiger partial charge in [-0.05, 0) is 106 Å². The summed E-state index contributed by atoms with van der Waals surface area (Å²) in [4.78, 5) is 73.3. The fraction of sp³-hybridized carbons (Fsp3) is 0.535. The second-order valence-corrected chi connectivity index (χ2v) is 21.0. The van der Waals surface area contributed by atoms with E-state index in [1.807, 2.05) is 46.8 Å². The van der Waals surface area contributed by atoms with E-state index < -0.39 is 31.2 Å². The number of nitrogens with two attached hydrogens (primary N) is 1. The smallest absolute Gasteiger partial charge is 0.325 e. The fourth-order valence-corrected chi connectivity index (χ4v) is 9.20. The van der Waals surface area contributed by atoms with E-state index in [0.717, 1.165) is 71.8 Å². The highest BCUT2D eigenvalue weighted by molar-refractivity contribution is 8.00. The number of methoxy groups -OCH3 is 2. The molecule has 0 aliphatic carbocycles. The zero-order chi connectivity index (χ0) is 52.0. The number of carboxylic acid groups (broad SMARTS) is 1. The number of benzene rings is 2. The third-order valence-electron chi connectivity index (χ3n) is 9.39. The van der Waals surface area contributed by atoms with Crippen LogP contribution in [0.3, 0.4) is 0 Å². The standard InChI is InChI=1S/C15H15ClFN3O3S2.C15H22ClNO2.C8H14ClN5.C5H12NO4P/c1-23-13(21)8-24-12-7-11(10(17)6-9(12)16)18-14-19-4-2-3-5-20(19)15(22)25-14;1-5-13-8-6-7-11(2)15(13)17(14(18)9-16)12(3)10-19-4;1-4-10-7-12-6(9)13-8(14-7)11-5(2)3;1-11(9,10)3-2-4(6)5(7)8/h6-7H,2-5,8H2,1H3;6-8,12H,5,9-10H2,1-4H3;5H,4H2,1-3H3,(H2,10,11,12,13,14);4H,2-3,6H2,1H3,(H,7,8)(H,9,10). The van der Waals surface area contributed by atoms with E-state index >= 15 is 0 Å². The summed E-state index contributed by atoms with van der Waals surface area (Å²) in [6.07, 6.45) is 2.77. The highest BCUT2D eigenvalue weighted by Gasteiger charge is 2.25. The molecule has 69 heavy (non-hydrogen) atoms. The number of carbonyl (C=O) groups is 3. The Morgan fingerprint density at radius 2 is 1.74 bits per heavy atom. The van der Waals surface area contributed by atoms with Gasteiger partial charge in [0.05, 0.1) is 36.2 Å². The molecule has 0 saturated heterocycles. The first-order chi connectivity index (χ1) is 32.5. The molecule has 3 atom stereocenters. The van der Waals surface area contributed by atoms with Gasteiger partial charge >= 0.3 is 16.8 Å². The van der Waals surface area contributed by atoms with Crippen molar-refractivity contribution in [1.82, 2.24) is 24.3 Å². The molecular weight excluding hydrogens is 1020 g/mol. The summed E-state index contributed by atoms with van der Waals surface area (Å²) in [6, 6.07) is 7.92. The van der Waals surface area contributed by atoms with Gasteiger partial charge in [-0.15, -0.1) is 23.4 Å². The Bertz CT molecular complexity index is 2490. The fourth-order valence-electron chi connectivity index (χ4n) is 6.16. The number of aromatic nitrogens is 5. The van der Waals surface area contributed by atoms with E-state index in [4.69, 9.17) is 55.3 Å². The van der Waals surface area contributed by atoms with Crippen molar-refractivity contribution in [2.75, 3.05) is 67.4 Å². The molecule has 19 nitrogen and oxygen atoms in total. The summed E-state index contributed by atoms with van der Waals surface area (Å²) >= 11 is 19.7. The minimum Gasteiger partial charge on any atom is -0.480 e. The lowest BCUT2D eigenvalue weighted by Crippen LogP contribution is -2.43. The Morgan fingerprint density at radius 3 is 2.30 bits per heavy atom. The number of aryl methyl sites for hydroxylation is 2. The van der Waals surface area contributed by atoms with Gasteiger partial charge in [0, 0.05) is 50.5 Å². The highest BCUT2D eigenvalue weighted by atomic mass is 35.5. The van der Waals surface area contributed by atoms with Gasteiger partial charge in [0.25, 0.3) is 0 Å². The van der Waals surface area contributed by atoms with Crippen molar-refractivity contribution in [2.24, 2.45) is 10.7 Å². The molecule has 1 aliphatic rings. The van der Waals surface area contributed by atoms with E-state index in [2.05, 4.69) is 48.3 Å². The van der Waals surface area contributed by atoms with Crippen molar-refractivity contribution in [1.29, 1.82) is 0 Å². The average Bonchev–Trinajstić information content (AvgIpc) is 3.60. The van der Waals surface area contributed by atoms with Gasteiger partial charge in [0.2, 0.25) is 27.9 Å². The number of para-hydroxylation sites is 1. The third kappa shape index (κ3) is 21.0. The molecule has 0 fully saturated rings. The van der Waals surface area contributed by atoms with Crippen LogP contribution in [0.15, 0.2) is 45.0 Å². The number of esters is 1. The molecule has 26 heteroatoms. The molecule has 4 aromatic rings. The maximum atomic E-state index is 14.3. The van der Waals surface area contributed by atoms with Crippen LogP contribution in [0.5, 0.6) is 0 Å². The van der Waals surface area contributed by atoms with Crippen LogP contribution in [0, 0.1) is 12.7 Å². The summed E-state index contributed by atoms with van der Waals surface area (Å²) in [7, 11) is -0.168. The SMILES string of the molecule is CCNc1nc(Cl)nc(NC(C)C)n1.CCc1cccc(C)c1N(C(=O)CCl)C(C)COC.COC(=O)CSc1cc(N=c2sc(=O)n3n2CCCC3)c(F)cc1Cl.CP(=O)(O)CCC(N)C(=O)O. The first kappa shape index (κ1) is 61.0. The zero-order valence-corrected chi connectivity index (χ0v) is 44.9. The van der Waals surface area contributed by atoms with E-state index in [0.29, 0.717) is 41.3 Å². The average molecular weight is 1080 g/mol. The number of thioether (sulfide) groups is 1. The van der Waals surface area contributed by atoms with Crippen molar-refractivity contribution in [3.05, 3.63) is 72.1 Å². The monoisotopic (exact) mass is 1080 g/mol. The van der Waals surface area contributed by atoms with Gasteiger partial charge in [-0.25, -0.2) is 14.1 Å². The van der Waals surface area contributed by atoms with Gasteiger partial charge < -0.3 is 40.7 Å². The maximum Gasteiger partial charge on any atom is 0.325 e. The second-order valence-electron chi connectivity index (χ2n) is 15.5. The van der Waals surface area contributed by atoms with Crippen LogP contribution in [0.4, 0.5) is 27.7 Å². The van der Waals surface area contributed by atoms with Crippen molar-refractivity contribution in [3.63, 3.8) is 0 Å². The summed E-state index contributed by atoms with van der Waals surface area (Å²) in [5, 5.41) is 14.7. The summed E-state index contributed by atoms with van der Waals surface area (Å²) in [5.74, 6) is -1.18. The topological polar surface area (TPSA) is 258 Å². The molecule has 6 N–H and O–H groups in total. The number of fused-ring (bicyclic) bond motifs is 1. The molecule has 0 bridgehead atoms. The van der Waals surface area contributed by atoms with Crippen LogP contribution in [-0.4, -0.2) is 122 Å². The van der Waals surface area contributed by atoms with Crippen molar-refractivity contribution in [2.45, 2.75) is 103 Å². The number of halogens is 4. The molecule has 384 valence electrons. The molecule has 3 unspecified atom stereocenters. The lowest BCUT2D eigenvalue weighted by molar-refractivity contribution is -0.139. The summed E-state index contributed by atoms with van der Waals surface area (Å²) < 4.78 is 38.1. The number of alkyl halides is 1. The Hall–Kier alpha value is -4.12. The minimum absolute atomic E-state index is 0.0223. The highest BCUT2D eigenvalue weighted by Crippen LogP contribution is 2.36. The number of carboxylic acids is 1. The van der Waals surface area contributed by atoms with Crippen LogP contribution < -0.4 is 30.9 Å². The van der Waals surface area contributed by atoms with Crippen molar-refractivity contribution >= 4 is 106 Å².